The standard InChI is InChI=1S/C16H27ClN2O2S/c1-10(2)12(19-15(20)21-16(4,5)6)9-18-11(3)13-7-8-14(17)22-13/h7-8,10-12,18H,9H2,1-6H3,(H,19,20). The Hall–Kier alpha value is -0.780. The van der Waals surface area contributed by atoms with Crippen LogP contribution < -0.4 is 10.6 Å². The predicted molar refractivity (Wildman–Crippen MR) is 93.7 cm³/mol. The van der Waals surface area contributed by atoms with E-state index < -0.39 is 5.60 Å². The Morgan fingerprint density at radius 3 is 2.41 bits per heavy atom. The molecule has 4 nitrogen and oxygen atoms in total. The molecule has 1 heterocycles. The molecule has 0 bridgehead atoms. The van der Waals surface area contributed by atoms with E-state index in [9.17, 15) is 4.79 Å². The summed E-state index contributed by atoms with van der Waals surface area (Å²) in [6.45, 7) is 12.5. The highest BCUT2D eigenvalue weighted by Crippen LogP contribution is 2.26. The normalized spacial score (nSPS) is 14.7. The van der Waals surface area contributed by atoms with Crippen LogP contribution in [-0.2, 0) is 4.74 Å². The number of amides is 1. The molecular weight excluding hydrogens is 320 g/mol. The topological polar surface area (TPSA) is 50.4 Å². The summed E-state index contributed by atoms with van der Waals surface area (Å²) in [5.41, 5.74) is -0.486. The first kappa shape index (κ1) is 19.3. The number of rotatable bonds is 6. The molecule has 126 valence electrons. The third-order valence-electron chi connectivity index (χ3n) is 3.17. The molecule has 0 aliphatic rings. The third-order valence-corrected chi connectivity index (χ3v) is 4.59. The van der Waals surface area contributed by atoms with E-state index in [2.05, 4.69) is 31.4 Å². The van der Waals surface area contributed by atoms with Crippen molar-refractivity contribution in [2.75, 3.05) is 6.54 Å². The Balaban J connectivity index is 2.52. The molecule has 22 heavy (non-hydrogen) atoms. The van der Waals surface area contributed by atoms with E-state index in [0.29, 0.717) is 12.5 Å². The average molecular weight is 347 g/mol. The van der Waals surface area contributed by atoms with E-state index in [-0.39, 0.29) is 18.2 Å². The number of ether oxygens (including phenoxy) is 1. The lowest BCUT2D eigenvalue weighted by molar-refractivity contribution is 0.0489. The van der Waals surface area contributed by atoms with Gasteiger partial charge >= 0.3 is 6.09 Å². The van der Waals surface area contributed by atoms with Crippen molar-refractivity contribution in [2.45, 2.75) is 59.2 Å². The molecule has 0 aliphatic carbocycles. The van der Waals surface area contributed by atoms with Gasteiger partial charge in [0, 0.05) is 23.5 Å². The molecule has 2 N–H and O–H groups in total. The lowest BCUT2D eigenvalue weighted by Crippen LogP contribution is -2.47. The largest absolute Gasteiger partial charge is 0.444 e. The van der Waals surface area contributed by atoms with Gasteiger partial charge in [-0.25, -0.2) is 4.79 Å². The highest BCUT2D eigenvalue weighted by atomic mass is 35.5. The Bertz CT molecular complexity index is 483. The van der Waals surface area contributed by atoms with Crippen LogP contribution in [0.15, 0.2) is 12.1 Å². The summed E-state index contributed by atoms with van der Waals surface area (Å²) in [7, 11) is 0. The number of carbonyl (C=O) groups excluding carboxylic acids is 1. The van der Waals surface area contributed by atoms with Crippen LogP contribution >= 0.6 is 22.9 Å². The van der Waals surface area contributed by atoms with Gasteiger partial charge in [-0.3, -0.25) is 0 Å². The summed E-state index contributed by atoms with van der Waals surface area (Å²) >= 11 is 7.53. The Morgan fingerprint density at radius 2 is 1.95 bits per heavy atom. The molecule has 0 fully saturated rings. The maximum absolute atomic E-state index is 11.9. The minimum absolute atomic E-state index is 0.00716. The fourth-order valence-corrected chi connectivity index (χ4v) is 2.97. The summed E-state index contributed by atoms with van der Waals surface area (Å²) in [5.74, 6) is 0.305. The zero-order valence-corrected chi connectivity index (χ0v) is 15.8. The van der Waals surface area contributed by atoms with Gasteiger partial charge < -0.3 is 15.4 Å². The molecule has 1 aromatic heterocycles. The van der Waals surface area contributed by atoms with Gasteiger partial charge in [-0.2, -0.15) is 0 Å². The number of hydrogen-bond acceptors (Lipinski definition) is 4. The number of thiophene rings is 1. The van der Waals surface area contributed by atoms with Crippen LogP contribution in [0, 0.1) is 5.92 Å². The van der Waals surface area contributed by atoms with Gasteiger partial charge in [-0.1, -0.05) is 25.4 Å². The van der Waals surface area contributed by atoms with Crippen LogP contribution in [-0.4, -0.2) is 24.3 Å². The van der Waals surface area contributed by atoms with Crippen molar-refractivity contribution in [1.82, 2.24) is 10.6 Å². The molecule has 0 spiro atoms. The lowest BCUT2D eigenvalue weighted by atomic mass is 10.0. The molecule has 0 saturated carbocycles. The second-order valence-corrected chi connectivity index (χ2v) is 8.52. The van der Waals surface area contributed by atoms with Gasteiger partial charge in [0.2, 0.25) is 0 Å². The Kier molecular flexibility index (Phi) is 7.16. The van der Waals surface area contributed by atoms with Crippen molar-refractivity contribution in [3.63, 3.8) is 0 Å². The van der Waals surface area contributed by atoms with Crippen molar-refractivity contribution in [2.24, 2.45) is 5.92 Å². The molecule has 0 aromatic carbocycles. The zero-order valence-electron chi connectivity index (χ0n) is 14.2. The number of halogens is 1. The third kappa shape index (κ3) is 6.99. The number of hydrogen-bond donors (Lipinski definition) is 2. The average Bonchev–Trinajstić information content (AvgIpc) is 2.78. The molecule has 2 atom stereocenters. The van der Waals surface area contributed by atoms with Crippen LogP contribution in [0.4, 0.5) is 4.79 Å². The van der Waals surface area contributed by atoms with E-state index in [4.69, 9.17) is 16.3 Å². The van der Waals surface area contributed by atoms with Crippen molar-refractivity contribution in [3.05, 3.63) is 21.3 Å². The van der Waals surface area contributed by atoms with E-state index in [1.165, 1.54) is 4.88 Å². The highest BCUT2D eigenvalue weighted by Gasteiger charge is 2.22. The summed E-state index contributed by atoms with van der Waals surface area (Å²) < 4.78 is 6.11. The highest BCUT2D eigenvalue weighted by molar-refractivity contribution is 7.16. The molecule has 1 aromatic rings. The van der Waals surface area contributed by atoms with Crippen LogP contribution in [0.5, 0.6) is 0 Å². The van der Waals surface area contributed by atoms with Crippen molar-refractivity contribution < 1.29 is 9.53 Å². The Labute approximate surface area is 142 Å². The van der Waals surface area contributed by atoms with Gasteiger partial charge in [0.05, 0.1) is 4.34 Å². The first-order valence-electron chi connectivity index (χ1n) is 7.56. The maximum Gasteiger partial charge on any atom is 0.407 e. The van der Waals surface area contributed by atoms with E-state index >= 15 is 0 Å². The summed E-state index contributed by atoms with van der Waals surface area (Å²) in [6, 6.07) is 4.13. The molecule has 0 saturated heterocycles. The molecule has 6 heteroatoms. The molecule has 0 radical (unpaired) electrons. The van der Waals surface area contributed by atoms with Gasteiger partial charge in [0.15, 0.2) is 0 Å². The summed E-state index contributed by atoms with van der Waals surface area (Å²) in [5, 5.41) is 6.38. The molecule has 2 unspecified atom stereocenters. The monoisotopic (exact) mass is 346 g/mol. The Morgan fingerprint density at radius 1 is 1.32 bits per heavy atom. The first-order valence-corrected chi connectivity index (χ1v) is 8.76. The van der Waals surface area contributed by atoms with E-state index in [0.717, 1.165) is 4.34 Å². The van der Waals surface area contributed by atoms with E-state index in [1.54, 1.807) is 11.3 Å². The predicted octanol–water partition coefficient (Wildman–Crippen LogP) is 4.60. The minimum Gasteiger partial charge on any atom is -0.444 e. The molecular formula is C16H27ClN2O2S. The van der Waals surface area contributed by atoms with Gasteiger partial charge in [0.25, 0.3) is 0 Å². The smallest absolute Gasteiger partial charge is 0.407 e. The minimum atomic E-state index is -0.486. The second-order valence-electron chi connectivity index (χ2n) is 6.77. The fraction of sp³-hybridized carbons (Fsp3) is 0.688. The van der Waals surface area contributed by atoms with Crippen LogP contribution in [0.3, 0.4) is 0 Å². The van der Waals surface area contributed by atoms with E-state index in [1.807, 2.05) is 32.9 Å². The van der Waals surface area contributed by atoms with Crippen molar-refractivity contribution in [1.29, 1.82) is 0 Å². The summed E-state index contributed by atoms with van der Waals surface area (Å²) in [6.07, 6.45) is -0.375. The fourth-order valence-electron chi connectivity index (χ4n) is 1.88. The number of nitrogens with one attached hydrogen (secondary N) is 2. The number of carbonyl (C=O) groups is 1. The molecule has 1 amide bonds. The van der Waals surface area contributed by atoms with Crippen LogP contribution in [0.2, 0.25) is 4.34 Å². The van der Waals surface area contributed by atoms with Gasteiger partial charge in [-0.05, 0) is 45.7 Å². The zero-order chi connectivity index (χ0) is 16.9. The van der Waals surface area contributed by atoms with Crippen LogP contribution in [0.1, 0.15) is 52.5 Å². The van der Waals surface area contributed by atoms with Crippen molar-refractivity contribution in [3.8, 4) is 0 Å². The van der Waals surface area contributed by atoms with Gasteiger partial charge in [0.1, 0.15) is 5.60 Å². The van der Waals surface area contributed by atoms with Crippen LogP contribution in [0.25, 0.3) is 0 Å². The first-order chi connectivity index (χ1) is 10.1. The SMILES string of the molecule is CC(NCC(NC(=O)OC(C)(C)C)C(C)C)c1ccc(Cl)s1. The quantitative estimate of drug-likeness (QED) is 0.791. The maximum atomic E-state index is 11.9. The summed E-state index contributed by atoms with van der Waals surface area (Å²) in [4.78, 5) is 13.1. The second kappa shape index (κ2) is 8.18. The molecule has 1 rings (SSSR count). The van der Waals surface area contributed by atoms with Gasteiger partial charge in [-0.15, -0.1) is 11.3 Å². The lowest BCUT2D eigenvalue weighted by Gasteiger charge is -2.27. The van der Waals surface area contributed by atoms with Crippen molar-refractivity contribution >= 4 is 29.0 Å². The number of alkyl carbamates (subject to hydrolysis) is 1. The molecule has 0 aliphatic heterocycles.